The van der Waals surface area contributed by atoms with Gasteiger partial charge in [-0.1, -0.05) is 40.9 Å². The molecule has 0 unspecified atom stereocenters. The van der Waals surface area contributed by atoms with Crippen molar-refractivity contribution >= 4 is 69.9 Å². The van der Waals surface area contributed by atoms with E-state index < -0.39 is 23.7 Å². The Balaban J connectivity index is 1.61. The Labute approximate surface area is 196 Å². The van der Waals surface area contributed by atoms with Gasteiger partial charge in [0.2, 0.25) is 0 Å². The van der Waals surface area contributed by atoms with Gasteiger partial charge in [0.15, 0.2) is 0 Å². The van der Waals surface area contributed by atoms with Gasteiger partial charge < -0.3 is 15.2 Å². The molecule has 3 aromatic rings. The standard InChI is InChI=1S/C22H11Cl3N2O5/c23-11-2-5-14(16(24)8-11)19(28)26-18-6-3-12(9-17(18)25)27-20(29)13-4-1-10(22(31)32)7-15(13)21(27)30/h1-9H,(H,26,28)(H,31,32)/p-1. The van der Waals surface area contributed by atoms with Crippen molar-refractivity contribution in [3.8, 4) is 0 Å². The largest absolute Gasteiger partial charge is 0.545 e. The lowest BCUT2D eigenvalue weighted by molar-refractivity contribution is -0.255. The van der Waals surface area contributed by atoms with E-state index in [1.807, 2.05) is 0 Å². The van der Waals surface area contributed by atoms with Crippen LogP contribution in [-0.2, 0) is 0 Å². The van der Waals surface area contributed by atoms with Crippen molar-refractivity contribution in [3.63, 3.8) is 0 Å². The van der Waals surface area contributed by atoms with Crippen molar-refractivity contribution in [1.82, 2.24) is 0 Å². The molecule has 160 valence electrons. The Morgan fingerprint density at radius 3 is 2.19 bits per heavy atom. The highest BCUT2D eigenvalue weighted by Gasteiger charge is 2.37. The summed E-state index contributed by atoms with van der Waals surface area (Å²) in [7, 11) is 0. The van der Waals surface area contributed by atoms with Crippen molar-refractivity contribution in [3.05, 3.63) is 91.9 Å². The van der Waals surface area contributed by atoms with Crippen molar-refractivity contribution in [1.29, 1.82) is 0 Å². The summed E-state index contributed by atoms with van der Waals surface area (Å²) in [6.45, 7) is 0. The Morgan fingerprint density at radius 2 is 1.53 bits per heavy atom. The van der Waals surface area contributed by atoms with Crippen LogP contribution in [0.5, 0.6) is 0 Å². The van der Waals surface area contributed by atoms with Gasteiger partial charge in [0.1, 0.15) is 0 Å². The number of nitrogens with one attached hydrogen (secondary N) is 1. The second-order valence-electron chi connectivity index (χ2n) is 6.74. The van der Waals surface area contributed by atoms with Crippen LogP contribution in [-0.4, -0.2) is 23.7 Å². The molecule has 3 amide bonds. The van der Waals surface area contributed by atoms with Crippen molar-refractivity contribution in [2.45, 2.75) is 0 Å². The summed E-state index contributed by atoms with van der Waals surface area (Å²) in [5, 5.41) is 14.3. The van der Waals surface area contributed by atoms with E-state index in [9.17, 15) is 24.3 Å². The summed E-state index contributed by atoms with van der Waals surface area (Å²) in [5.41, 5.74) is 0.346. The Morgan fingerprint density at radius 1 is 0.812 bits per heavy atom. The molecule has 4 rings (SSSR count). The molecule has 0 radical (unpaired) electrons. The number of imide groups is 1. The Bertz CT molecular complexity index is 1340. The molecule has 1 aliphatic rings. The Kier molecular flexibility index (Phi) is 5.64. The van der Waals surface area contributed by atoms with Crippen LogP contribution >= 0.6 is 34.8 Å². The average molecular weight is 489 g/mol. The summed E-state index contributed by atoms with van der Waals surface area (Å²) in [4.78, 5) is 49.9. The van der Waals surface area contributed by atoms with Gasteiger partial charge >= 0.3 is 0 Å². The first-order chi connectivity index (χ1) is 15.2. The fraction of sp³-hybridized carbons (Fsp3) is 0. The van der Waals surface area contributed by atoms with E-state index in [4.69, 9.17) is 34.8 Å². The van der Waals surface area contributed by atoms with Crippen molar-refractivity contribution in [2.24, 2.45) is 0 Å². The summed E-state index contributed by atoms with van der Waals surface area (Å²) < 4.78 is 0. The number of aromatic carboxylic acids is 1. The van der Waals surface area contributed by atoms with Crippen LogP contribution in [0.4, 0.5) is 11.4 Å². The monoisotopic (exact) mass is 487 g/mol. The first-order valence-electron chi connectivity index (χ1n) is 8.97. The number of rotatable bonds is 4. The fourth-order valence-electron chi connectivity index (χ4n) is 3.21. The maximum Gasteiger partial charge on any atom is 0.266 e. The molecule has 7 nitrogen and oxygen atoms in total. The van der Waals surface area contributed by atoms with E-state index >= 15 is 0 Å². The molecule has 0 atom stereocenters. The topological polar surface area (TPSA) is 107 Å². The van der Waals surface area contributed by atoms with Gasteiger partial charge in [-0.25, -0.2) is 4.90 Å². The lowest BCUT2D eigenvalue weighted by atomic mass is 10.1. The molecule has 0 aliphatic carbocycles. The molecule has 0 saturated carbocycles. The number of halogens is 3. The third kappa shape index (κ3) is 3.82. The molecule has 32 heavy (non-hydrogen) atoms. The minimum Gasteiger partial charge on any atom is -0.545 e. The van der Waals surface area contributed by atoms with E-state index in [0.717, 1.165) is 11.0 Å². The average Bonchev–Trinajstić information content (AvgIpc) is 2.99. The number of carboxylic acids is 1. The number of amides is 3. The molecule has 1 heterocycles. The molecule has 0 bridgehead atoms. The number of carbonyl (C=O) groups is 4. The molecule has 1 N–H and O–H groups in total. The quantitative estimate of drug-likeness (QED) is 0.557. The predicted octanol–water partition coefficient (Wildman–Crippen LogP) is 4.06. The SMILES string of the molecule is O=C([O-])c1ccc2c(c1)C(=O)N(c1ccc(NC(=O)c3ccc(Cl)cc3Cl)c(Cl)c1)C2=O. The number of hydrogen-bond donors (Lipinski definition) is 1. The van der Waals surface area contributed by atoms with Crippen LogP contribution in [0.15, 0.2) is 54.6 Å². The highest BCUT2D eigenvalue weighted by Crippen LogP contribution is 2.34. The summed E-state index contributed by atoms with van der Waals surface area (Å²) in [6, 6.07) is 12.1. The van der Waals surface area contributed by atoms with E-state index in [1.54, 1.807) is 0 Å². The predicted molar refractivity (Wildman–Crippen MR) is 118 cm³/mol. The van der Waals surface area contributed by atoms with Crippen LogP contribution in [0.25, 0.3) is 0 Å². The number of hydrogen-bond acceptors (Lipinski definition) is 5. The molecule has 0 spiro atoms. The third-order valence-electron chi connectivity index (χ3n) is 4.76. The lowest BCUT2D eigenvalue weighted by Crippen LogP contribution is -2.29. The highest BCUT2D eigenvalue weighted by molar-refractivity contribution is 6.38. The first kappa shape index (κ1) is 21.8. The molecule has 1 aliphatic heterocycles. The van der Waals surface area contributed by atoms with Gasteiger partial charge in [-0.05, 0) is 54.1 Å². The van der Waals surface area contributed by atoms with Crippen LogP contribution in [0.2, 0.25) is 15.1 Å². The molecule has 0 fully saturated rings. The number of anilines is 2. The van der Waals surface area contributed by atoms with Gasteiger partial charge in [0, 0.05) is 5.02 Å². The fourth-order valence-corrected chi connectivity index (χ4v) is 3.93. The molecule has 0 aromatic heterocycles. The number of nitrogens with zero attached hydrogens (tertiary/aromatic N) is 1. The summed E-state index contributed by atoms with van der Waals surface area (Å²) >= 11 is 18.2. The maximum absolute atomic E-state index is 12.8. The van der Waals surface area contributed by atoms with Crippen LogP contribution < -0.4 is 15.3 Å². The zero-order chi connectivity index (χ0) is 23.2. The van der Waals surface area contributed by atoms with Crippen LogP contribution in [0.1, 0.15) is 41.4 Å². The zero-order valence-corrected chi connectivity index (χ0v) is 18.1. The van der Waals surface area contributed by atoms with Crippen molar-refractivity contribution < 1.29 is 24.3 Å². The van der Waals surface area contributed by atoms with Gasteiger partial charge in [0.05, 0.1) is 44.1 Å². The molecular weight excluding hydrogens is 479 g/mol. The minimum atomic E-state index is -1.46. The molecule has 3 aromatic carbocycles. The number of carboxylic acid groups (broad SMARTS) is 1. The van der Waals surface area contributed by atoms with E-state index in [0.29, 0.717) is 5.02 Å². The van der Waals surface area contributed by atoms with E-state index in [-0.39, 0.29) is 43.7 Å². The number of carbonyl (C=O) groups excluding carboxylic acids is 4. The second-order valence-corrected chi connectivity index (χ2v) is 7.99. The molecule has 10 heteroatoms. The highest BCUT2D eigenvalue weighted by atomic mass is 35.5. The van der Waals surface area contributed by atoms with Gasteiger partial charge in [-0.15, -0.1) is 0 Å². The van der Waals surface area contributed by atoms with Crippen LogP contribution in [0, 0.1) is 0 Å². The second kappa shape index (κ2) is 8.27. The van der Waals surface area contributed by atoms with Gasteiger partial charge in [-0.3, -0.25) is 14.4 Å². The third-order valence-corrected chi connectivity index (χ3v) is 5.62. The van der Waals surface area contributed by atoms with Crippen molar-refractivity contribution in [2.75, 3.05) is 10.2 Å². The number of fused-ring (bicyclic) bond motifs is 1. The summed E-state index contributed by atoms with van der Waals surface area (Å²) in [5.74, 6) is -3.32. The van der Waals surface area contributed by atoms with E-state index in [2.05, 4.69) is 5.32 Å². The Hall–Kier alpha value is -3.39. The molecular formula is C22H10Cl3N2O5-. The smallest absolute Gasteiger partial charge is 0.266 e. The normalized spacial score (nSPS) is 12.7. The maximum atomic E-state index is 12.8. The minimum absolute atomic E-state index is 0.0532. The van der Waals surface area contributed by atoms with Gasteiger partial charge in [-0.2, -0.15) is 0 Å². The van der Waals surface area contributed by atoms with Crippen LogP contribution in [0.3, 0.4) is 0 Å². The molecule has 0 saturated heterocycles. The number of benzene rings is 3. The van der Waals surface area contributed by atoms with E-state index in [1.165, 1.54) is 48.5 Å². The zero-order valence-electron chi connectivity index (χ0n) is 15.8. The summed E-state index contributed by atoms with van der Waals surface area (Å²) in [6.07, 6.45) is 0. The first-order valence-corrected chi connectivity index (χ1v) is 10.1. The van der Waals surface area contributed by atoms with Gasteiger partial charge in [0.25, 0.3) is 17.7 Å². The lowest BCUT2D eigenvalue weighted by Gasteiger charge is -2.16.